The first kappa shape index (κ1) is 17.9. The number of nitrogens with zero attached hydrogens (tertiary/aromatic N) is 1. The number of benzene rings is 1. The first-order valence-electron chi connectivity index (χ1n) is 8.15. The number of esters is 1. The average Bonchev–Trinajstić information content (AvgIpc) is 3.12. The zero-order valence-electron chi connectivity index (χ0n) is 14.1. The topological polar surface area (TPSA) is 102 Å². The highest BCUT2D eigenvalue weighted by atomic mass is 32.1. The second kappa shape index (κ2) is 8.01. The van der Waals surface area contributed by atoms with Gasteiger partial charge in [0.05, 0.1) is 5.56 Å². The lowest BCUT2D eigenvalue weighted by Gasteiger charge is -2.26. The molecule has 3 amide bonds. The maximum absolute atomic E-state index is 12.3. The van der Waals surface area contributed by atoms with Gasteiger partial charge in [-0.15, -0.1) is 11.3 Å². The molecule has 26 heavy (non-hydrogen) atoms. The predicted octanol–water partition coefficient (Wildman–Crippen LogP) is 1.66. The number of thiophene rings is 1. The molecule has 0 unspecified atom stereocenters. The highest BCUT2D eigenvalue weighted by molar-refractivity contribution is 7.10. The van der Waals surface area contributed by atoms with Gasteiger partial charge in [0, 0.05) is 24.5 Å². The minimum atomic E-state index is -0.612. The summed E-state index contributed by atoms with van der Waals surface area (Å²) in [5.74, 6) is -0.751. The van der Waals surface area contributed by atoms with Crippen molar-refractivity contribution >= 4 is 29.2 Å². The fourth-order valence-corrected chi connectivity index (χ4v) is 3.60. The minimum absolute atomic E-state index is 0.197. The number of nitrogens with two attached hydrogens (primary N) is 1. The summed E-state index contributed by atoms with van der Waals surface area (Å²) in [5, 5.41) is 4.49. The first-order chi connectivity index (χ1) is 12.5. The summed E-state index contributed by atoms with van der Waals surface area (Å²) in [4.78, 5) is 38.1. The first-order valence-corrected chi connectivity index (χ1v) is 9.03. The van der Waals surface area contributed by atoms with Crippen LogP contribution in [0.3, 0.4) is 0 Å². The molecule has 7 nitrogen and oxygen atoms in total. The number of carbonyl (C=O) groups excluding carboxylic acids is 3. The van der Waals surface area contributed by atoms with Crippen molar-refractivity contribution in [3.63, 3.8) is 0 Å². The third kappa shape index (κ3) is 4.40. The van der Waals surface area contributed by atoms with Gasteiger partial charge in [-0.3, -0.25) is 4.79 Å². The zero-order valence-corrected chi connectivity index (χ0v) is 14.9. The smallest absolute Gasteiger partial charge is 0.338 e. The molecule has 1 aliphatic heterocycles. The molecule has 2 heterocycles. The summed E-state index contributed by atoms with van der Waals surface area (Å²) in [6.45, 7) is 1.22. The molecule has 136 valence electrons. The molecule has 0 saturated heterocycles. The van der Waals surface area contributed by atoms with Crippen molar-refractivity contribution in [3.8, 4) is 0 Å². The van der Waals surface area contributed by atoms with Gasteiger partial charge in [0.15, 0.2) is 6.61 Å². The van der Waals surface area contributed by atoms with Crippen molar-refractivity contribution in [2.45, 2.75) is 19.5 Å². The van der Waals surface area contributed by atoms with Crippen LogP contribution in [-0.2, 0) is 29.0 Å². The molecule has 1 aliphatic rings. The lowest BCUT2D eigenvalue weighted by Crippen LogP contribution is -2.38. The molecular weight excluding hydrogens is 354 g/mol. The number of urea groups is 1. The van der Waals surface area contributed by atoms with Crippen LogP contribution in [0.25, 0.3) is 0 Å². The fourth-order valence-electron chi connectivity index (χ4n) is 2.71. The lowest BCUT2D eigenvalue weighted by molar-refractivity contribution is -0.135. The number of ether oxygens (including phenoxy) is 1. The molecule has 0 bridgehead atoms. The summed E-state index contributed by atoms with van der Waals surface area (Å²) < 4.78 is 5.13. The Bertz CT molecular complexity index is 816. The molecule has 0 spiro atoms. The molecule has 8 heteroatoms. The van der Waals surface area contributed by atoms with E-state index in [9.17, 15) is 14.4 Å². The van der Waals surface area contributed by atoms with Crippen LogP contribution in [0.1, 0.15) is 26.4 Å². The maximum Gasteiger partial charge on any atom is 0.338 e. The van der Waals surface area contributed by atoms with E-state index >= 15 is 0 Å². The summed E-state index contributed by atoms with van der Waals surface area (Å²) in [6.07, 6.45) is 0.841. The van der Waals surface area contributed by atoms with Gasteiger partial charge in [-0.2, -0.15) is 0 Å². The quantitative estimate of drug-likeness (QED) is 0.778. The average molecular weight is 373 g/mol. The van der Waals surface area contributed by atoms with E-state index in [1.165, 1.54) is 10.4 Å². The van der Waals surface area contributed by atoms with Gasteiger partial charge >= 0.3 is 12.0 Å². The van der Waals surface area contributed by atoms with Crippen molar-refractivity contribution in [2.75, 3.05) is 13.2 Å². The number of primary amides is 1. The Balaban J connectivity index is 1.49. The van der Waals surface area contributed by atoms with Crippen LogP contribution in [0.15, 0.2) is 35.7 Å². The van der Waals surface area contributed by atoms with E-state index < -0.39 is 12.0 Å². The highest BCUT2D eigenvalue weighted by Crippen LogP contribution is 2.24. The van der Waals surface area contributed by atoms with Gasteiger partial charge in [-0.1, -0.05) is 12.1 Å². The summed E-state index contributed by atoms with van der Waals surface area (Å²) >= 11 is 1.71. The Morgan fingerprint density at radius 3 is 2.69 bits per heavy atom. The number of rotatable bonds is 5. The molecular formula is C18H19N3O4S. The number of hydrogen-bond acceptors (Lipinski definition) is 5. The molecule has 0 atom stereocenters. The fraction of sp³-hybridized carbons (Fsp3) is 0.278. The summed E-state index contributed by atoms with van der Waals surface area (Å²) in [6, 6.07) is 7.97. The van der Waals surface area contributed by atoms with Crippen molar-refractivity contribution in [1.29, 1.82) is 0 Å². The summed E-state index contributed by atoms with van der Waals surface area (Å²) in [7, 11) is 0. The third-order valence-electron chi connectivity index (χ3n) is 4.14. The Labute approximate surface area is 154 Å². The minimum Gasteiger partial charge on any atom is -0.452 e. The lowest BCUT2D eigenvalue weighted by atomic mass is 10.1. The van der Waals surface area contributed by atoms with E-state index in [-0.39, 0.29) is 19.1 Å². The predicted molar refractivity (Wildman–Crippen MR) is 96.6 cm³/mol. The normalized spacial score (nSPS) is 13.0. The van der Waals surface area contributed by atoms with Gasteiger partial charge in [0.1, 0.15) is 0 Å². The van der Waals surface area contributed by atoms with Crippen molar-refractivity contribution in [2.24, 2.45) is 5.73 Å². The molecule has 0 aliphatic carbocycles. The van der Waals surface area contributed by atoms with Crippen LogP contribution in [0, 0.1) is 0 Å². The van der Waals surface area contributed by atoms with Gasteiger partial charge in [-0.25, -0.2) is 9.59 Å². The SMILES string of the molecule is NC(=O)NCc1ccc(C(=O)OCC(=O)N2CCc3sccc3C2)cc1. The molecule has 3 N–H and O–H groups in total. The standard InChI is InChI=1S/C18H19N3O4S/c19-18(24)20-9-12-1-3-13(4-2-12)17(23)25-11-16(22)21-7-5-15-14(10-21)6-8-26-15/h1-4,6,8H,5,7,9-11H2,(H3,19,20,24). The Morgan fingerprint density at radius 2 is 1.96 bits per heavy atom. The Hall–Kier alpha value is -2.87. The highest BCUT2D eigenvalue weighted by Gasteiger charge is 2.22. The van der Waals surface area contributed by atoms with Gasteiger partial charge in [0.2, 0.25) is 0 Å². The monoisotopic (exact) mass is 373 g/mol. The third-order valence-corrected chi connectivity index (χ3v) is 5.17. The van der Waals surface area contributed by atoms with E-state index in [0.29, 0.717) is 18.7 Å². The molecule has 3 rings (SSSR count). The number of nitrogens with one attached hydrogen (secondary N) is 1. The van der Waals surface area contributed by atoms with E-state index in [1.807, 2.05) is 11.4 Å². The van der Waals surface area contributed by atoms with Crippen LogP contribution < -0.4 is 11.1 Å². The maximum atomic E-state index is 12.3. The van der Waals surface area contributed by atoms with E-state index in [0.717, 1.165) is 12.0 Å². The summed E-state index contributed by atoms with van der Waals surface area (Å²) in [5.41, 5.74) is 7.33. The van der Waals surface area contributed by atoms with Crippen molar-refractivity contribution in [3.05, 3.63) is 57.3 Å². The number of hydrogen-bond donors (Lipinski definition) is 2. The van der Waals surface area contributed by atoms with Crippen LogP contribution in [0.5, 0.6) is 0 Å². The van der Waals surface area contributed by atoms with E-state index in [1.54, 1.807) is 40.5 Å². The molecule has 0 radical (unpaired) electrons. The number of carbonyl (C=O) groups is 3. The molecule has 2 aromatic rings. The Kier molecular flexibility index (Phi) is 5.52. The van der Waals surface area contributed by atoms with Gasteiger partial charge in [-0.05, 0) is 41.1 Å². The number of amides is 3. The van der Waals surface area contributed by atoms with E-state index in [2.05, 4.69) is 5.32 Å². The van der Waals surface area contributed by atoms with E-state index in [4.69, 9.17) is 10.5 Å². The Morgan fingerprint density at radius 1 is 1.19 bits per heavy atom. The van der Waals surface area contributed by atoms with Gasteiger partial charge < -0.3 is 20.7 Å². The largest absolute Gasteiger partial charge is 0.452 e. The van der Waals surface area contributed by atoms with Gasteiger partial charge in [0.25, 0.3) is 5.91 Å². The van der Waals surface area contributed by atoms with Crippen molar-refractivity contribution < 1.29 is 19.1 Å². The van der Waals surface area contributed by atoms with Crippen molar-refractivity contribution in [1.82, 2.24) is 10.2 Å². The van der Waals surface area contributed by atoms with Crippen LogP contribution >= 0.6 is 11.3 Å². The second-order valence-corrected chi connectivity index (χ2v) is 6.93. The second-order valence-electron chi connectivity index (χ2n) is 5.93. The molecule has 1 aromatic carbocycles. The number of fused-ring (bicyclic) bond motifs is 1. The molecule has 0 fully saturated rings. The van der Waals surface area contributed by atoms with Crippen LogP contribution in [0.4, 0.5) is 4.79 Å². The van der Waals surface area contributed by atoms with Crippen LogP contribution in [0.2, 0.25) is 0 Å². The zero-order chi connectivity index (χ0) is 18.5. The molecule has 0 saturated carbocycles. The van der Waals surface area contributed by atoms with Crippen LogP contribution in [-0.4, -0.2) is 36.0 Å². The molecule has 1 aromatic heterocycles.